The van der Waals surface area contributed by atoms with Crippen LogP contribution in [0.4, 0.5) is 0 Å². The van der Waals surface area contributed by atoms with Gasteiger partial charge in [-0.05, 0) is 13.8 Å². The Hall–Kier alpha value is -1.99. The quantitative estimate of drug-likeness (QED) is 0.737. The molecule has 1 unspecified atom stereocenters. The van der Waals surface area contributed by atoms with Crippen LogP contribution in [0.1, 0.15) is 20.1 Å². The van der Waals surface area contributed by atoms with Gasteiger partial charge in [-0.15, -0.1) is 0 Å². The lowest BCUT2D eigenvalue weighted by molar-refractivity contribution is 0.0160. The van der Waals surface area contributed by atoms with Crippen molar-refractivity contribution in [1.82, 2.24) is 29.4 Å². The summed E-state index contributed by atoms with van der Waals surface area (Å²) in [6.45, 7) is 4.50. The number of hydrogen-bond acceptors (Lipinski definition) is 5. The zero-order valence-electron chi connectivity index (χ0n) is 11.1. The molecule has 0 aliphatic carbocycles. The van der Waals surface area contributed by atoms with Crippen LogP contribution in [0.3, 0.4) is 0 Å². The fourth-order valence-corrected chi connectivity index (χ4v) is 2.24. The lowest BCUT2D eigenvalue weighted by Crippen LogP contribution is -2.09. The minimum absolute atomic E-state index is 0.135. The van der Waals surface area contributed by atoms with Crippen molar-refractivity contribution in [3.63, 3.8) is 0 Å². The maximum atomic E-state index is 6.31. The Morgan fingerprint density at radius 1 is 1.35 bits per heavy atom. The minimum Gasteiger partial charge on any atom is -0.357 e. The van der Waals surface area contributed by atoms with Gasteiger partial charge < -0.3 is 4.74 Å². The Morgan fingerprint density at radius 2 is 2.20 bits per heavy atom. The first-order valence-electron chi connectivity index (χ1n) is 6.20. The highest BCUT2D eigenvalue weighted by atomic mass is 35.5. The smallest absolute Gasteiger partial charge is 0.177 e. The van der Waals surface area contributed by atoms with E-state index in [2.05, 4.69) is 20.2 Å². The summed E-state index contributed by atoms with van der Waals surface area (Å²) >= 11 is 6.31. The average molecular weight is 293 g/mol. The molecular weight excluding hydrogens is 280 g/mol. The first-order valence-corrected chi connectivity index (χ1v) is 6.58. The van der Waals surface area contributed by atoms with E-state index in [4.69, 9.17) is 16.3 Å². The summed E-state index contributed by atoms with van der Waals surface area (Å²) in [5.41, 5.74) is 2.01. The fraction of sp³-hybridized carbons (Fsp3) is 0.333. The van der Waals surface area contributed by atoms with E-state index in [9.17, 15) is 0 Å². The third kappa shape index (κ3) is 2.14. The summed E-state index contributed by atoms with van der Waals surface area (Å²) in [5.74, 6) is 0. The van der Waals surface area contributed by atoms with Crippen LogP contribution in [0, 0.1) is 0 Å². The van der Waals surface area contributed by atoms with Crippen LogP contribution in [0.15, 0.2) is 25.0 Å². The molecule has 3 heterocycles. The number of aromatic nitrogens is 6. The van der Waals surface area contributed by atoms with E-state index in [1.165, 1.54) is 10.8 Å². The topological polar surface area (TPSA) is 70.1 Å². The summed E-state index contributed by atoms with van der Waals surface area (Å²) in [5, 5.41) is 8.71. The second kappa shape index (κ2) is 5.18. The third-order valence-electron chi connectivity index (χ3n) is 2.93. The van der Waals surface area contributed by atoms with E-state index in [0.717, 1.165) is 5.56 Å². The van der Waals surface area contributed by atoms with Crippen LogP contribution in [0.25, 0.3) is 16.9 Å². The normalized spacial score (nSPS) is 12.9. The second-order valence-electron chi connectivity index (χ2n) is 4.20. The number of fused-ring (bicyclic) bond motifs is 1. The van der Waals surface area contributed by atoms with Crippen LogP contribution in [-0.2, 0) is 4.74 Å². The number of halogens is 1. The largest absolute Gasteiger partial charge is 0.357 e. The Bertz CT molecular complexity index is 736. The molecule has 3 aromatic heterocycles. The summed E-state index contributed by atoms with van der Waals surface area (Å²) in [6, 6.07) is 0. The number of rotatable bonds is 4. The molecule has 8 heteroatoms. The maximum absolute atomic E-state index is 6.31. The van der Waals surface area contributed by atoms with Crippen LogP contribution in [-0.4, -0.2) is 36.0 Å². The Labute approximate surface area is 120 Å². The van der Waals surface area contributed by atoms with Crippen molar-refractivity contribution in [2.24, 2.45) is 0 Å². The molecule has 0 aromatic carbocycles. The molecule has 0 amide bonds. The van der Waals surface area contributed by atoms with Crippen molar-refractivity contribution in [3.8, 4) is 11.3 Å². The Balaban J connectivity index is 2.00. The van der Waals surface area contributed by atoms with Gasteiger partial charge in [-0.25, -0.2) is 19.2 Å². The summed E-state index contributed by atoms with van der Waals surface area (Å²) in [6.07, 6.45) is 6.43. The molecule has 3 rings (SSSR count). The number of ether oxygens (including phenoxy) is 1. The van der Waals surface area contributed by atoms with Crippen LogP contribution >= 0.6 is 11.6 Å². The Morgan fingerprint density at radius 3 is 3.00 bits per heavy atom. The molecule has 0 bridgehead atoms. The highest BCUT2D eigenvalue weighted by molar-refractivity contribution is 6.35. The molecule has 0 saturated carbocycles. The van der Waals surface area contributed by atoms with E-state index < -0.39 is 0 Å². The lowest BCUT2D eigenvalue weighted by Gasteiger charge is -2.11. The number of hydrogen-bond donors (Lipinski definition) is 0. The molecule has 0 aliphatic rings. The van der Waals surface area contributed by atoms with E-state index in [1.54, 1.807) is 17.2 Å². The molecule has 1 atom stereocenters. The van der Waals surface area contributed by atoms with Crippen molar-refractivity contribution in [2.75, 3.05) is 6.61 Å². The molecule has 0 fully saturated rings. The van der Waals surface area contributed by atoms with Crippen molar-refractivity contribution >= 4 is 17.2 Å². The zero-order valence-corrected chi connectivity index (χ0v) is 11.8. The van der Waals surface area contributed by atoms with Crippen molar-refractivity contribution < 1.29 is 4.74 Å². The minimum atomic E-state index is -0.135. The molecule has 0 N–H and O–H groups in total. The van der Waals surface area contributed by atoms with Gasteiger partial charge in [-0.1, -0.05) is 11.6 Å². The van der Waals surface area contributed by atoms with Gasteiger partial charge in [0.25, 0.3) is 0 Å². The van der Waals surface area contributed by atoms with Gasteiger partial charge in [0, 0.05) is 18.4 Å². The van der Waals surface area contributed by atoms with E-state index in [-0.39, 0.29) is 6.23 Å². The molecule has 20 heavy (non-hydrogen) atoms. The Kier molecular flexibility index (Phi) is 3.37. The predicted molar refractivity (Wildman–Crippen MR) is 73.4 cm³/mol. The molecular formula is C12H13ClN6O. The fourth-order valence-electron chi connectivity index (χ4n) is 1.94. The van der Waals surface area contributed by atoms with Crippen LogP contribution in [0.2, 0.25) is 5.02 Å². The van der Waals surface area contributed by atoms with Gasteiger partial charge in [0.1, 0.15) is 23.9 Å². The van der Waals surface area contributed by atoms with Gasteiger partial charge >= 0.3 is 0 Å². The third-order valence-corrected chi connectivity index (χ3v) is 3.28. The van der Waals surface area contributed by atoms with Gasteiger partial charge in [0.2, 0.25) is 0 Å². The lowest BCUT2D eigenvalue weighted by atomic mass is 10.2. The molecule has 104 valence electrons. The van der Waals surface area contributed by atoms with Crippen LogP contribution in [0.5, 0.6) is 0 Å². The second-order valence-corrected chi connectivity index (χ2v) is 4.58. The highest BCUT2D eigenvalue weighted by Gasteiger charge is 2.14. The molecule has 0 aliphatic heterocycles. The first-order chi connectivity index (χ1) is 9.70. The van der Waals surface area contributed by atoms with E-state index in [1.807, 2.05) is 20.0 Å². The summed E-state index contributed by atoms with van der Waals surface area (Å²) < 4.78 is 8.74. The SMILES string of the molecule is CCOC(C)n1cc(-c2ncn3ncnc3c2Cl)cn1. The molecule has 0 spiro atoms. The summed E-state index contributed by atoms with van der Waals surface area (Å²) in [7, 11) is 0. The van der Waals surface area contributed by atoms with Crippen molar-refractivity contribution in [2.45, 2.75) is 20.1 Å². The first kappa shape index (κ1) is 13.0. The van der Waals surface area contributed by atoms with Gasteiger partial charge in [-0.2, -0.15) is 10.2 Å². The molecule has 7 nitrogen and oxygen atoms in total. The monoisotopic (exact) mass is 292 g/mol. The van der Waals surface area contributed by atoms with E-state index in [0.29, 0.717) is 23.0 Å². The molecule has 3 aromatic rings. The molecule has 0 radical (unpaired) electrons. The summed E-state index contributed by atoms with van der Waals surface area (Å²) in [4.78, 5) is 8.41. The van der Waals surface area contributed by atoms with Crippen LogP contribution < -0.4 is 0 Å². The standard InChI is InChI=1S/C12H13ClN6O/c1-3-20-8(2)18-5-9(4-16-18)11-10(13)12-14-6-17-19(12)7-15-11/h4-8H,3H2,1-2H3. The highest BCUT2D eigenvalue weighted by Crippen LogP contribution is 2.28. The van der Waals surface area contributed by atoms with Crippen molar-refractivity contribution in [1.29, 1.82) is 0 Å². The predicted octanol–water partition coefficient (Wildman–Crippen LogP) is 2.20. The van der Waals surface area contributed by atoms with Gasteiger partial charge in [-0.3, -0.25) is 0 Å². The van der Waals surface area contributed by atoms with Gasteiger partial charge in [0.15, 0.2) is 5.65 Å². The van der Waals surface area contributed by atoms with Gasteiger partial charge in [0.05, 0.1) is 11.9 Å². The van der Waals surface area contributed by atoms with E-state index >= 15 is 0 Å². The average Bonchev–Trinajstić information content (AvgIpc) is 3.08. The number of nitrogens with zero attached hydrogens (tertiary/aromatic N) is 6. The zero-order chi connectivity index (χ0) is 14.1. The molecule has 0 saturated heterocycles. The maximum Gasteiger partial charge on any atom is 0.177 e. The van der Waals surface area contributed by atoms with Crippen molar-refractivity contribution in [3.05, 3.63) is 30.1 Å².